The first-order valence-corrected chi connectivity index (χ1v) is 5.74. The number of carbonyl (C=O) groups is 1. The van der Waals surface area contributed by atoms with Crippen LogP contribution < -0.4 is 5.32 Å². The molecule has 18 heavy (non-hydrogen) atoms. The van der Waals surface area contributed by atoms with Crippen LogP contribution in [0.5, 0.6) is 0 Å². The van der Waals surface area contributed by atoms with E-state index < -0.39 is 6.09 Å². The second-order valence-corrected chi connectivity index (χ2v) is 3.85. The van der Waals surface area contributed by atoms with Gasteiger partial charge in [-0.05, 0) is 30.7 Å². The van der Waals surface area contributed by atoms with Crippen molar-refractivity contribution in [1.82, 2.24) is 0 Å². The van der Waals surface area contributed by atoms with Crippen LogP contribution >= 0.6 is 11.6 Å². The number of rotatable bonds is 4. The number of oxime groups is 1. The molecule has 1 aromatic rings. The molecule has 0 saturated heterocycles. The van der Waals surface area contributed by atoms with E-state index in [2.05, 4.69) is 15.3 Å². The van der Waals surface area contributed by atoms with E-state index in [1.165, 1.54) is 0 Å². The van der Waals surface area contributed by atoms with Gasteiger partial charge in [-0.1, -0.05) is 23.7 Å². The van der Waals surface area contributed by atoms with E-state index >= 15 is 0 Å². The highest BCUT2D eigenvalue weighted by atomic mass is 35.5. The minimum atomic E-state index is -0.728. The maximum Gasteiger partial charge on any atom is 0.437 e. The summed E-state index contributed by atoms with van der Waals surface area (Å²) in [4.78, 5) is 15.9. The summed E-state index contributed by atoms with van der Waals surface area (Å²) in [6, 6.07) is 8.34. The van der Waals surface area contributed by atoms with E-state index in [0.717, 1.165) is 6.42 Å². The van der Waals surface area contributed by atoms with Crippen LogP contribution in [0.1, 0.15) is 25.3 Å². The molecule has 0 aliphatic rings. The van der Waals surface area contributed by atoms with Crippen molar-refractivity contribution in [3.8, 4) is 6.07 Å². The molecule has 1 N–H and O–H groups in total. The number of nitriles is 1. The highest BCUT2D eigenvalue weighted by Gasteiger charge is 2.03. The molecule has 1 amide bonds. The number of amides is 1. The highest BCUT2D eigenvalue weighted by Crippen LogP contribution is 2.09. The van der Waals surface area contributed by atoms with Gasteiger partial charge in [0.15, 0.2) is 0 Å². The van der Waals surface area contributed by atoms with Crippen molar-refractivity contribution in [3.05, 3.63) is 29.8 Å². The first-order chi connectivity index (χ1) is 8.65. The second kappa shape index (κ2) is 7.30. The first kappa shape index (κ1) is 14.0. The van der Waals surface area contributed by atoms with Crippen LogP contribution in [-0.4, -0.2) is 11.3 Å². The van der Waals surface area contributed by atoms with Gasteiger partial charge in [0.05, 0.1) is 11.6 Å². The van der Waals surface area contributed by atoms with Gasteiger partial charge in [-0.15, -0.1) is 0 Å². The van der Waals surface area contributed by atoms with Crippen molar-refractivity contribution in [3.63, 3.8) is 0 Å². The summed E-state index contributed by atoms with van der Waals surface area (Å²) in [5, 5.41) is 14.8. The van der Waals surface area contributed by atoms with Crippen molar-refractivity contribution < 1.29 is 9.63 Å². The molecule has 0 aliphatic heterocycles. The fourth-order valence-electron chi connectivity index (χ4n) is 1.11. The van der Waals surface area contributed by atoms with Gasteiger partial charge in [-0.3, -0.25) is 10.2 Å². The number of carbonyl (C=O) groups excluding carboxylic acids is 1. The molecule has 6 heteroatoms. The zero-order valence-corrected chi connectivity index (χ0v) is 10.6. The lowest BCUT2D eigenvalue weighted by molar-refractivity contribution is 0.166. The predicted molar refractivity (Wildman–Crippen MR) is 69.5 cm³/mol. The molecule has 0 spiro atoms. The van der Waals surface area contributed by atoms with E-state index in [-0.39, 0.29) is 5.17 Å². The number of nitrogens with one attached hydrogen (secondary N) is 1. The number of halogens is 1. The van der Waals surface area contributed by atoms with Gasteiger partial charge < -0.3 is 0 Å². The Morgan fingerprint density at radius 1 is 1.50 bits per heavy atom. The Morgan fingerprint density at radius 3 is 2.72 bits per heavy atom. The normalized spacial score (nSPS) is 10.6. The van der Waals surface area contributed by atoms with Gasteiger partial charge in [-0.25, -0.2) is 4.79 Å². The zero-order valence-electron chi connectivity index (χ0n) is 9.81. The molecule has 0 fully saturated rings. The maximum atomic E-state index is 11.3. The summed E-state index contributed by atoms with van der Waals surface area (Å²) >= 11 is 5.68. The quantitative estimate of drug-likeness (QED) is 0.515. The number of hydrogen-bond acceptors (Lipinski definition) is 4. The molecule has 0 atom stereocenters. The molecular weight excluding hydrogens is 254 g/mol. The summed E-state index contributed by atoms with van der Waals surface area (Å²) in [6.07, 6.45) is 0.656. The molecule has 5 nitrogen and oxygen atoms in total. The minimum Gasteiger partial charge on any atom is -0.297 e. The first-order valence-electron chi connectivity index (χ1n) is 5.36. The SMILES string of the molecule is CCC/C(Cl)=N\OC(=O)Nc1ccc(C#N)cc1. The molecule has 0 bridgehead atoms. The van der Waals surface area contributed by atoms with Crippen LogP contribution in [-0.2, 0) is 4.84 Å². The molecule has 0 aliphatic carbocycles. The molecule has 0 radical (unpaired) electrons. The minimum absolute atomic E-state index is 0.243. The molecule has 1 rings (SSSR count). The number of hydrogen-bond donors (Lipinski definition) is 1. The maximum absolute atomic E-state index is 11.3. The third kappa shape index (κ3) is 4.85. The van der Waals surface area contributed by atoms with E-state index in [0.29, 0.717) is 17.7 Å². The van der Waals surface area contributed by atoms with E-state index in [4.69, 9.17) is 16.9 Å². The Hall–Kier alpha value is -2.06. The third-order valence-corrected chi connectivity index (χ3v) is 2.20. The van der Waals surface area contributed by atoms with Crippen LogP contribution in [0, 0.1) is 11.3 Å². The van der Waals surface area contributed by atoms with Crippen LogP contribution in [0.2, 0.25) is 0 Å². The summed E-state index contributed by atoms with van der Waals surface area (Å²) in [7, 11) is 0. The average molecular weight is 266 g/mol. The zero-order chi connectivity index (χ0) is 13.4. The Kier molecular flexibility index (Phi) is 5.68. The number of nitrogens with zero attached hydrogens (tertiary/aromatic N) is 2. The topological polar surface area (TPSA) is 74.5 Å². The van der Waals surface area contributed by atoms with Gasteiger partial charge in [0, 0.05) is 12.1 Å². The standard InChI is InChI=1S/C12H12ClN3O2/c1-2-3-11(13)16-18-12(17)15-10-6-4-9(8-14)5-7-10/h4-7H,2-3H2,1H3,(H,15,17)/b16-11+. The Balaban J connectivity index is 2.49. The third-order valence-electron chi connectivity index (χ3n) is 1.94. The van der Waals surface area contributed by atoms with Crippen molar-refractivity contribution in [2.24, 2.45) is 5.16 Å². The fraction of sp³-hybridized carbons (Fsp3) is 0.250. The van der Waals surface area contributed by atoms with Crippen molar-refractivity contribution in [2.45, 2.75) is 19.8 Å². The fourth-order valence-corrected chi connectivity index (χ4v) is 1.34. The largest absolute Gasteiger partial charge is 0.437 e. The number of benzene rings is 1. The van der Waals surface area contributed by atoms with Gasteiger partial charge in [0.25, 0.3) is 0 Å². The van der Waals surface area contributed by atoms with Crippen molar-refractivity contribution in [1.29, 1.82) is 5.26 Å². The van der Waals surface area contributed by atoms with E-state index in [1.807, 2.05) is 13.0 Å². The molecule has 0 aromatic heterocycles. The van der Waals surface area contributed by atoms with Crippen LogP contribution in [0.15, 0.2) is 29.4 Å². The highest BCUT2D eigenvalue weighted by molar-refractivity contribution is 6.65. The van der Waals surface area contributed by atoms with Gasteiger partial charge in [-0.2, -0.15) is 5.26 Å². The molecule has 1 aromatic carbocycles. The van der Waals surface area contributed by atoms with Gasteiger partial charge >= 0.3 is 6.09 Å². The summed E-state index contributed by atoms with van der Waals surface area (Å²) in [6.45, 7) is 1.94. The van der Waals surface area contributed by atoms with Crippen LogP contribution in [0.25, 0.3) is 0 Å². The Labute approximate surface area is 110 Å². The Bertz CT molecular complexity index is 477. The summed E-state index contributed by atoms with van der Waals surface area (Å²) < 4.78 is 0. The van der Waals surface area contributed by atoms with Gasteiger partial charge in [0.2, 0.25) is 0 Å². The number of anilines is 1. The van der Waals surface area contributed by atoms with Crippen molar-refractivity contribution >= 4 is 28.6 Å². The molecule has 94 valence electrons. The monoisotopic (exact) mass is 265 g/mol. The summed E-state index contributed by atoms with van der Waals surface area (Å²) in [5.74, 6) is 0. The smallest absolute Gasteiger partial charge is 0.297 e. The van der Waals surface area contributed by atoms with Crippen molar-refractivity contribution in [2.75, 3.05) is 5.32 Å². The van der Waals surface area contributed by atoms with E-state index in [9.17, 15) is 4.79 Å². The molecule has 0 saturated carbocycles. The van der Waals surface area contributed by atoms with Crippen LogP contribution in [0.3, 0.4) is 0 Å². The molecular formula is C12H12ClN3O2. The predicted octanol–water partition coefficient (Wildman–Crippen LogP) is 3.46. The average Bonchev–Trinajstić information content (AvgIpc) is 2.38. The molecule has 0 unspecified atom stereocenters. The van der Waals surface area contributed by atoms with Crippen LogP contribution in [0.4, 0.5) is 10.5 Å². The van der Waals surface area contributed by atoms with Gasteiger partial charge in [0.1, 0.15) is 5.17 Å². The summed E-state index contributed by atoms with van der Waals surface area (Å²) in [5.41, 5.74) is 1.03. The lowest BCUT2D eigenvalue weighted by Crippen LogP contribution is -2.11. The van der Waals surface area contributed by atoms with E-state index in [1.54, 1.807) is 24.3 Å². The second-order valence-electron chi connectivity index (χ2n) is 3.41. The lowest BCUT2D eigenvalue weighted by Gasteiger charge is -2.02. The molecule has 0 heterocycles. The Morgan fingerprint density at radius 2 is 2.17 bits per heavy atom. The lowest BCUT2D eigenvalue weighted by atomic mass is 10.2.